The van der Waals surface area contributed by atoms with Gasteiger partial charge in [0.15, 0.2) is 0 Å². The third-order valence-corrected chi connectivity index (χ3v) is 7.00. The average molecular weight is 317 g/mol. The van der Waals surface area contributed by atoms with E-state index in [2.05, 4.69) is 10.0 Å². The van der Waals surface area contributed by atoms with Crippen molar-refractivity contribution in [2.24, 2.45) is 5.92 Å². The molecule has 0 bridgehead atoms. The molecule has 4 nitrogen and oxygen atoms in total. The van der Waals surface area contributed by atoms with Crippen molar-refractivity contribution in [2.45, 2.75) is 89.0 Å². The Balaban J connectivity index is 1.66. The van der Waals surface area contributed by atoms with Crippen LogP contribution in [0.3, 0.4) is 0 Å². The smallest absolute Gasteiger partial charge is 0.214 e. The molecule has 21 heavy (non-hydrogen) atoms. The van der Waals surface area contributed by atoms with Crippen LogP contribution in [0.4, 0.5) is 0 Å². The van der Waals surface area contributed by atoms with Gasteiger partial charge in [-0.1, -0.05) is 19.3 Å². The molecule has 2 rings (SSSR count). The van der Waals surface area contributed by atoms with Crippen LogP contribution in [0.1, 0.15) is 71.6 Å². The molecule has 0 saturated heterocycles. The summed E-state index contributed by atoms with van der Waals surface area (Å²) in [6.07, 6.45) is 11.1. The number of hydrogen-bond acceptors (Lipinski definition) is 3. The molecular formula is C16H32N2O2S. The summed E-state index contributed by atoms with van der Waals surface area (Å²) in [5.41, 5.74) is 0. The minimum atomic E-state index is -3.11. The van der Waals surface area contributed by atoms with Crippen molar-refractivity contribution in [3.8, 4) is 0 Å². The Morgan fingerprint density at radius 2 is 1.52 bits per heavy atom. The lowest BCUT2D eigenvalue weighted by molar-refractivity contribution is 0.277. The van der Waals surface area contributed by atoms with Gasteiger partial charge < -0.3 is 5.32 Å². The summed E-state index contributed by atoms with van der Waals surface area (Å²) in [5.74, 6) is 0.728. The highest BCUT2D eigenvalue weighted by molar-refractivity contribution is 7.90. The van der Waals surface area contributed by atoms with E-state index in [9.17, 15) is 8.42 Å². The second-order valence-corrected chi connectivity index (χ2v) is 9.44. The second-order valence-electron chi connectivity index (χ2n) is 7.17. The van der Waals surface area contributed by atoms with E-state index < -0.39 is 10.0 Å². The van der Waals surface area contributed by atoms with Crippen molar-refractivity contribution in [2.75, 3.05) is 6.54 Å². The summed E-state index contributed by atoms with van der Waals surface area (Å²) in [6, 6.07) is 0.888. The van der Waals surface area contributed by atoms with Gasteiger partial charge in [0.1, 0.15) is 0 Å². The highest BCUT2D eigenvalue weighted by atomic mass is 32.2. The fourth-order valence-corrected chi connectivity index (χ4v) is 4.47. The van der Waals surface area contributed by atoms with Gasteiger partial charge >= 0.3 is 0 Å². The Kier molecular flexibility index (Phi) is 6.51. The maximum absolute atomic E-state index is 11.9. The minimum Gasteiger partial charge on any atom is -0.314 e. The lowest BCUT2D eigenvalue weighted by Crippen LogP contribution is -2.42. The summed E-state index contributed by atoms with van der Waals surface area (Å²) in [5, 5.41) is 3.40. The second kappa shape index (κ2) is 7.93. The molecule has 0 heterocycles. The van der Waals surface area contributed by atoms with Crippen molar-refractivity contribution >= 4 is 10.0 Å². The van der Waals surface area contributed by atoms with Crippen molar-refractivity contribution in [1.29, 1.82) is 0 Å². The summed E-state index contributed by atoms with van der Waals surface area (Å²) in [6.45, 7) is 4.60. The van der Waals surface area contributed by atoms with Gasteiger partial charge in [0, 0.05) is 12.1 Å². The maximum atomic E-state index is 11.9. The van der Waals surface area contributed by atoms with E-state index in [1.54, 1.807) is 13.8 Å². The average Bonchev–Trinajstić information content (AvgIpc) is 2.47. The van der Waals surface area contributed by atoms with Crippen molar-refractivity contribution in [3.63, 3.8) is 0 Å². The highest BCUT2D eigenvalue weighted by Crippen LogP contribution is 2.25. The molecule has 0 atom stereocenters. The molecule has 0 radical (unpaired) electrons. The van der Waals surface area contributed by atoms with Crippen LogP contribution >= 0.6 is 0 Å². The SMILES string of the molecule is CC(C)S(=O)(=O)NC1CCC(CNC2CCCCC2)CC1. The van der Waals surface area contributed by atoms with Crippen LogP contribution < -0.4 is 10.0 Å². The molecule has 0 amide bonds. The molecule has 2 saturated carbocycles. The predicted molar refractivity (Wildman–Crippen MR) is 87.8 cm³/mol. The van der Waals surface area contributed by atoms with Crippen LogP contribution in [0.25, 0.3) is 0 Å². The highest BCUT2D eigenvalue weighted by Gasteiger charge is 2.26. The normalized spacial score (nSPS) is 28.9. The van der Waals surface area contributed by atoms with E-state index in [-0.39, 0.29) is 11.3 Å². The van der Waals surface area contributed by atoms with E-state index in [0.717, 1.165) is 44.2 Å². The first-order valence-corrected chi connectivity index (χ1v) is 10.3. The number of hydrogen-bond donors (Lipinski definition) is 2. The van der Waals surface area contributed by atoms with E-state index in [1.165, 1.54) is 32.1 Å². The third kappa shape index (κ3) is 5.53. The Bertz CT molecular complexity index is 395. The van der Waals surface area contributed by atoms with Crippen molar-refractivity contribution in [3.05, 3.63) is 0 Å². The van der Waals surface area contributed by atoms with Gasteiger partial charge in [0.2, 0.25) is 10.0 Å². The quantitative estimate of drug-likeness (QED) is 0.792. The molecule has 5 heteroatoms. The van der Waals surface area contributed by atoms with Crippen molar-refractivity contribution in [1.82, 2.24) is 10.0 Å². The molecular weight excluding hydrogens is 284 g/mol. The summed E-state index contributed by atoms with van der Waals surface area (Å²) >= 11 is 0. The van der Waals surface area contributed by atoms with Crippen LogP contribution in [-0.4, -0.2) is 32.3 Å². The molecule has 0 aromatic heterocycles. The zero-order valence-electron chi connectivity index (χ0n) is 13.6. The predicted octanol–water partition coefficient (Wildman–Crippen LogP) is 2.80. The summed E-state index contributed by atoms with van der Waals surface area (Å²) < 4.78 is 26.7. The Labute approximate surface area is 130 Å². The van der Waals surface area contributed by atoms with Crippen LogP contribution in [0.5, 0.6) is 0 Å². The lowest BCUT2D eigenvalue weighted by Gasteiger charge is -2.31. The fourth-order valence-electron chi connectivity index (χ4n) is 3.49. The first-order valence-electron chi connectivity index (χ1n) is 8.72. The first kappa shape index (κ1) is 17.2. The summed E-state index contributed by atoms with van der Waals surface area (Å²) in [4.78, 5) is 0. The zero-order valence-corrected chi connectivity index (χ0v) is 14.4. The van der Waals surface area contributed by atoms with Gasteiger partial charge in [-0.3, -0.25) is 0 Å². The van der Waals surface area contributed by atoms with E-state index in [4.69, 9.17) is 0 Å². The van der Waals surface area contributed by atoms with Gasteiger partial charge in [0.05, 0.1) is 5.25 Å². The van der Waals surface area contributed by atoms with E-state index in [0.29, 0.717) is 0 Å². The first-order chi connectivity index (χ1) is 9.97. The fraction of sp³-hybridized carbons (Fsp3) is 1.00. The topological polar surface area (TPSA) is 58.2 Å². The number of rotatable bonds is 6. The van der Waals surface area contributed by atoms with E-state index in [1.807, 2.05) is 0 Å². The standard InChI is InChI=1S/C16H32N2O2S/c1-13(2)21(19,20)18-16-10-8-14(9-11-16)12-17-15-6-4-3-5-7-15/h13-18H,3-12H2,1-2H3. The van der Waals surface area contributed by atoms with Crippen LogP contribution in [-0.2, 0) is 10.0 Å². The molecule has 0 aliphatic heterocycles. The third-order valence-electron chi connectivity index (χ3n) is 5.10. The monoisotopic (exact) mass is 316 g/mol. The van der Waals surface area contributed by atoms with Crippen LogP contribution in [0.15, 0.2) is 0 Å². The van der Waals surface area contributed by atoms with Gasteiger partial charge in [-0.2, -0.15) is 0 Å². The molecule has 0 aromatic carbocycles. The Hall–Kier alpha value is -0.130. The molecule has 2 N–H and O–H groups in total. The zero-order chi connectivity index (χ0) is 15.3. The number of nitrogens with one attached hydrogen (secondary N) is 2. The molecule has 2 aliphatic rings. The largest absolute Gasteiger partial charge is 0.314 e. The van der Waals surface area contributed by atoms with Crippen LogP contribution in [0.2, 0.25) is 0 Å². The molecule has 2 fully saturated rings. The maximum Gasteiger partial charge on any atom is 0.214 e. The van der Waals surface area contributed by atoms with Crippen LogP contribution in [0, 0.1) is 5.92 Å². The lowest BCUT2D eigenvalue weighted by atomic mass is 9.86. The van der Waals surface area contributed by atoms with Gasteiger partial charge in [-0.15, -0.1) is 0 Å². The van der Waals surface area contributed by atoms with Gasteiger partial charge in [-0.25, -0.2) is 13.1 Å². The Morgan fingerprint density at radius 3 is 2.10 bits per heavy atom. The summed E-state index contributed by atoms with van der Waals surface area (Å²) in [7, 11) is -3.11. The molecule has 0 spiro atoms. The molecule has 124 valence electrons. The molecule has 0 unspecified atom stereocenters. The molecule has 2 aliphatic carbocycles. The van der Waals surface area contributed by atoms with Crippen molar-refractivity contribution < 1.29 is 8.42 Å². The van der Waals surface area contributed by atoms with E-state index >= 15 is 0 Å². The Morgan fingerprint density at radius 1 is 0.905 bits per heavy atom. The minimum absolute atomic E-state index is 0.156. The number of sulfonamides is 1. The molecule has 0 aromatic rings. The van der Waals surface area contributed by atoms with Gasteiger partial charge in [0.25, 0.3) is 0 Å². The van der Waals surface area contributed by atoms with Gasteiger partial charge in [-0.05, 0) is 64.8 Å².